The first-order valence-corrected chi connectivity index (χ1v) is 9.63. The van der Waals surface area contributed by atoms with Gasteiger partial charge in [0.1, 0.15) is 17.5 Å². The lowest BCUT2D eigenvalue weighted by molar-refractivity contribution is -0.119. The monoisotopic (exact) mass is 429 g/mol. The molecule has 28 heavy (non-hydrogen) atoms. The van der Waals surface area contributed by atoms with Gasteiger partial charge in [-0.2, -0.15) is 16.7 Å². The predicted molar refractivity (Wildman–Crippen MR) is 103 cm³/mol. The van der Waals surface area contributed by atoms with Crippen LogP contribution in [0.1, 0.15) is 40.6 Å². The van der Waals surface area contributed by atoms with Crippen molar-refractivity contribution in [3.05, 3.63) is 33.9 Å². The summed E-state index contributed by atoms with van der Waals surface area (Å²) >= 11 is 7.56. The van der Waals surface area contributed by atoms with Crippen molar-refractivity contribution in [1.82, 2.24) is 15.5 Å². The van der Waals surface area contributed by atoms with E-state index in [1.165, 1.54) is 39.0 Å². The van der Waals surface area contributed by atoms with Gasteiger partial charge in [-0.15, -0.1) is 0 Å². The third-order valence-electron chi connectivity index (χ3n) is 3.67. The number of rotatable bonds is 8. The van der Waals surface area contributed by atoms with Crippen molar-refractivity contribution < 1.29 is 28.7 Å². The lowest BCUT2D eigenvalue weighted by Crippen LogP contribution is -2.28. The topological polar surface area (TPSA) is 124 Å². The molecule has 1 amide bonds. The molecule has 2 aromatic rings. The Hall–Kier alpha value is -2.46. The van der Waals surface area contributed by atoms with Crippen LogP contribution in [-0.2, 0) is 15.3 Å². The SMILES string of the molecule is COC(=O)c1c(Cl)c(OC)cc(O)c1CSC[C@H](NC(C)=O)c1nc(C)no1. The maximum atomic E-state index is 12.2. The highest BCUT2D eigenvalue weighted by atomic mass is 35.5. The van der Waals surface area contributed by atoms with Crippen molar-refractivity contribution in [3.63, 3.8) is 0 Å². The zero-order valence-corrected chi connectivity index (χ0v) is 17.3. The van der Waals surface area contributed by atoms with E-state index in [2.05, 4.69) is 15.5 Å². The van der Waals surface area contributed by atoms with Crippen molar-refractivity contribution in [2.75, 3.05) is 20.0 Å². The molecule has 0 bridgehead atoms. The lowest BCUT2D eigenvalue weighted by Gasteiger charge is -2.16. The first kappa shape index (κ1) is 21.8. The van der Waals surface area contributed by atoms with Gasteiger partial charge in [-0.3, -0.25) is 4.79 Å². The fraction of sp³-hybridized carbons (Fsp3) is 0.412. The quantitative estimate of drug-likeness (QED) is 0.609. The number of nitrogens with one attached hydrogen (secondary N) is 1. The van der Waals surface area contributed by atoms with Gasteiger partial charge in [0.25, 0.3) is 0 Å². The molecule has 1 atom stereocenters. The number of carbonyl (C=O) groups excluding carboxylic acids is 2. The smallest absolute Gasteiger partial charge is 0.339 e. The second-order valence-corrected chi connectivity index (χ2v) is 7.11. The molecule has 1 aromatic heterocycles. The fourth-order valence-corrected chi connectivity index (χ4v) is 3.82. The van der Waals surface area contributed by atoms with E-state index in [-0.39, 0.29) is 39.6 Å². The number of hydrogen-bond donors (Lipinski definition) is 2. The summed E-state index contributed by atoms with van der Waals surface area (Å²) in [5.41, 5.74) is 0.323. The molecule has 0 spiro atoms. The number of esters is 1. The van der Waals surface area contributed by atoms with Gasteiger partial charge in [0.05, 0.1) is 24.8 Å². The van der Waals surface area contributed by atoms with Crippen LogP contribution in [-0.4, -0.2) is 47.1 Å². The highest BCUT2D eigenvalue weighted by Crippen LogP contribution is 2.39. The van der Waals surface area contributed by atoms with Crippen molar-refractivity contribution in [2.24, 2.45) is 0 Å². The molecule has 0 aliphatic rings. The molecule has 11 heteroatoms. The number of nitrogens with zero attached hydrogens (tertiary/aromatic N) is 2. The number of aromatic nitrogens is 2. The molecule has 1 heterocycles. The number of methoxy groups -OCH3 is 2. The van der Waals surface area contributed by atoms with Gasteiger partial charge in [0, 0.05) is 30.1 Å². The van der Waals surface area contributed by atoms with Crippen LogP contribution >= 0.6 is 23.4 Å². The van der Waals surface area contributed by atoms with Gasteiger partial charge in [-0.25, -0.2) is 4.79 Å². The number of halogens is 1. The maximum absolute atomic E-state index is 12.2. The molecule has 0 saturated carbocycles. The van der Waals surface area contributed by atoms with Gasteiger partial charge in [0.15, 0.2) is 5.82 Å². The molecule has 152 valence electrons. The summed E-state index contributed by atoms with van der Waals surface area (Å²) in [6.45, 7) is 3.05. The third kappa shape index (κ3) is 5.08. The number of amides is 1. The molecule has 2 N–H and O–H groups in total. The van der Waals surface area contributed by atoms with E-state index in [4.69, 9.17) is 25.6 Å². The molecule has 0 radical (unpaired) electrons. The van der Waals surface area contributed by atoms with Gasteiger partial charge < -0.3 is 24.4 Å². The summed E-state index contributed by atoms with van der Waals surface area (Å²) in [5.74, 6) is 0.333. The first-order valence-electron chi connectivity index (χ1n) is 8.10. The normalized spacial score (nSPS) is 11.8. The summed E-state index contributed by atoms with van der Waals surface area (Å²) < 4.78 is 15.0. The second-order valence-electron chi connectivity index (χ2n) is 5.71. The van der Waals surface area contributed by atoms with Gasteiger partial charge >= 0.3 is 5.97 Å². The van der Waals surface area contributed by atoms with E-state index >= 15 is 0 Å². The number of hydrogen-bond acceptors (Lipinski definition) is 9. The summed E-state index contributed by atoms with van der Waals surface area (Å²) in [6.07, 6.45) is 0. The highest BCUT2D eigenvalue weighted by Gasteiger charge is 2.25. The van der Waals surface area contributed by atoms with Crippen molar-refractivity contribution in [2.45, 2.75) is 25.6 Å². The zero-order valence-electron chi connectivity index (χ0n) is 15.7. The van der Waals surface area contributed by atoms with Crippen LogP contribution in [0.5, 0.6) is 11.5 Å². The second kappa shape index (κ2) is 9.65. The molecule has 0 fully saturated rings. The Labute approximate surface area is 170 Å². The molecule has 0 unspecified atom stereocenters. The number of ether oxygens (including phenoxy) is 2. The van der Waals surface area contributed by atoms with E-state index in [9.17, 15) is 14.7 Å². The Balaban J connectivity index is 2.23. The highest BCUT2D eigenvalue weighted by molar-refractivity contribution is 7.98. The van der Waals surface area contributed by atoms with Gasteiger partial charge in [-0.05, 0) is 6.92 Å². The minimum atomic E-state index is -0.694. The van der Waals surface area contributed by atoms with Crippen LogP contribution in [0.2, 0.25) is 5.02 Å². The standard InChI is InChI=1S/C17H20ClN3O6S/c1-8-19-16(27-21-8)11(20-9(2)22)7-28-6-10-12(23)5-13(25-3)15(18)14(10)17(24)26-4/h5,11,23H,6-7H2,1-4H3,(H,20,22)/t11-/m0/s1. The number of phenols is 1. The number of aryl methyl sites for hydroxylation is 1. The van der Waals surface area contributed by atoms with Crippen LogP contribution < -0.4 is 10.1 Å². The molecule has 0 aliphatic heterocycles. The number of thioether (sulfide) groups is 1. The Morgan fingerprint density at radius 1 is 1.43 bits per heavy atom. The zero-order chi connectivity index (χ0) is 20.8. The minimum absolute atomic E-state index is 0.0261. The summed E-state index contributed by atoms with van der Waals surface area (Å²) in [5, 5.41) is 16.8. The largest absolute Gasteiger partial charge is 0.507 e. The average molecular weight is 430 g/mol. The number of carbonyl (C=O) groups is 2. The Morgan fingerprint density at radius 3 is 2.68 bits per heavy atom. The summed E-state index contributed by atoms with van der Waals surface area (Å²) in [7, 11) is 2.59. The average Bonchev–Trinajstić information content (AvgIpc) is 3.08. The van der Waals surface area contributed by atoms with Gasteiger partial charge in [0.2, 0.25) is 11.8 Å². The Kier molecular flexibility index (Phi) is 7.53. The van der Waals surface area contributed by atoms with Crippen molar-refractivity contribution in [3.8, 4) is 11.5 Å². The number of benzene rings is 1. The van der Waals surface area contributed by atoms with Crippen LogP contribution in [0.15, 0.2) is 10.6 Å². The molecular weight excluding hydrogens is 410 g/mol. The predicted octanol–water partition coefficient (Wildman–Crippen LogP) is 2.64. The molecular formula is C17H20ClN3O6S. The van der Waals surface area contributed by atoms with Crippen molar-refractivity contribution >= 4 is 35.2 Å². The minimum Gasteiger partial charge on any atom is -0.507 e. The van der Waals surface area contributed by atoms with Crippen LogP contribution in [0, 0.1) is 6.92 Å². The third-order valence-corrected chi connectivity index (χ3v) is 5.11. The molecule has 2 rings (SSSR count). The van der Waals surface area contributed by atoms with E-state index < -0.39 is 12.0 Å². The summed E-state index contributed by atoms with van der Waals surface area (Å²) in [4.78, 5) is 27.8. The summed E-state index contributed by atoms with van der Waals surface area (Å²) in [6, 6.07) is 0.804. The number of phenolic OH excluding ortho intramolecular Hbond substituents is 1. The first-order chi connectivity index (χ1) is 13.3. The Bertz CT molecular complexity index is 873. The maximum Gasteiger partial charge on any atom is 0.339 e. The van der Waals surface area contributed by atoms with E-state index in [0.717, 1.165) is 0 Å². The van der Waals surface area contributed by atoms with E-state index in [1.807, 2.05) is 0 Å². The lowest BCUT2D eigenvalue weighted by atomic mass is 10.1. The Morgan fingerprint density at radius 2 is 2.14 bits per heavy atom. The van der Waals surface area contributed by atoms with Crippen LogP contribution in [0.25, 0.3) is 0 Å². The molecule has 0 aliphatic carbocycles. The molecule has 0 saturated heterocycles. The fourth-order valence-electron chi connectivity index (χ4n) is 2.42. The number of aromatic hydroxyl groups is 1. The van der Waals surface area contributed by atoms with Crippen LogP contribution in [0.4, 0.5) is 0 Å². The van der Waals surface area contributed by atoms with E-state index in [0.29, 0.717) is 17.1 Å². The van der Waals surface area contributed by atoms with Crippen LogP contribution in [0.3, 0.4) is 0 Å². The molecule has 1 aromatic carbocycles. The van der Waals surface area contributed by atoms with E-state index in [1.54, 1.807) is 6.92 Å². The van der Waals surface area contributed by atoms with Crippen molar-refractivity contribution in [1.29, 1.82) is 0 Å². The molecule has 9 nitrogen and oxygen atoms in total. The van der Waals surface area contributed by atoms with Gasteiger partial charge in [-0.1, -0.05) is 16.8 Å².